The van der Waals surface area contributed by atoms with Gasteiger partial charge in [0.1, 0.15) is 17.8 Å². The molecule has 0 amide bonds. The number of nitro groups is 1. The SMILES string of the molecule is O=[N+]([O-])c1c(Nc2ccc(Oc3ccccc3)cc2)ncnc1Nc1ccc(C(F)(F)F)cc1. The van der Waals surface area contributed by atoms with E-state index < -0.39 is 22.4 Å². The maximum Gasteiger partial charge on any atom is 0.416 e. The number of nitrogens with one attached hydrogen (secondary N) is 2. The van der Waals surface area contributed by atoms with Crippen molar-refractivity contribution in [3.63, 3.8) is 0 Å². The summed E-state index contributed by atoms with van der Waals surface area (Å²) in [7, 11) is 0. The van der Waals surface area contributed by atoms with Crippen LogP contribution in [0.2, 0.25) is 0 Å². The molecule has 1 aromatic heterocycles. The lowest BCUT2D eigenvalue weighted by Crippen LogP contribution is -2.06. The van der Waals surface area contributed by atoms with Crippen LogP contribution in [-0.2, 0) is 6.18 Å². The second-order valence-corrected chi connectivity index (χ2v) is 6.94. The maximum absolute atomic E-state index is 12.8. The van der Waals surface area contributed by atoms with Crippen molar-refractivity contribution in [2.75, 3.05) is 10.6 Å². The molecule has 172 valence electrons. The normalized spacial score (nSPS) is 11.0. The molecule has 34 heavy (non-hydrogen) atoms. The van der Waals surface area contributed by atoms with Crippen molar-refractivity contribution in [1.82, 2.24) is 9.97 Å². The van der Waals surface area contributed by atoms with Crippen molar-refractivity contribution in [2.45, 2.75) is 6.18 Å². The first kappa shape index (κ1) is 22.5. The van der Waals surface area contributed by atoms with E-state index >= 15 is 0 Å². The number of anilines is 4. The smallest absolute Gasteiger partial charge is 0.416 e. The Kier molecular flexibility index (Phi) is 6.26. The number of halogens is 3. The Balaban J connectivity index is 1.53. The zero-order valence-corrected chi connectivity index (χ0v) is 17.3. The summed E-state index contributed by atoms with van der Waals surface area (Å²) >= 11 is 0. The highest BCUT2D eigenvalue weighted by Crippen LogP contribution is 2.35. The number of ether oxygens (including phenoxy) is 1. The van der Waals surface area contributed by atoms with E-state index in [-0.39, 0.29) is 17.3 Å². The van der Waals surface area contributed by atoms with Gasteiger partial charge in [0.25, 0.3) is 0 Å². The molecule has 0 atom stereocenters. The van der Waals surface area contributed by atoms with Crippen LogP contribution in [0, 0.1) is 10.1 Å². The van der Waals surface area contributed by atoms with Crippen molar-refractivity contribution >= 4 is 28.7 Å². The number of nitrogens with zero attached hydrogens (tertiary/aromatic N) is 3. The molecule has 3 aromatic carbocycles. The largest absolute Gasteiger partial charge is 0.457 e. The number of aromatic nitrogens is 2. The van der Waals surface area contributed by atoms with Crippen molar-refractivity contribution in [3.8, 4) is 11.5 Å². The number of rotatable bonds is 7. The number of para-hydroxylation sites is 1. The van der Waals surface area contributed by atoms with Crippen LogP contribution in [0.3, 0.4) is 0 Å². The fourth-order valence-corrected chi connectivity index (χ4v) is 2.98. The molecule has 0 bridgehead atoms. The van der Waals surface area contributed by atoms with Gasteiger partial charge in [-0.2, -0.15) is 13.2 Å². The lowest BCUT2D eigenvalue weighted by molar-refractivity contribution is -0.383. The zero-order chi connectivity index (χ0) is 24.1. The van der Waals surface area contributed by atoms with Crippen LogP contribution in [0.25, 0.3) is 0 Å². The molecule has 4 aromatic rings. The molecule has 0 spiro atoms. The van der Waals surface area contributed by atoms with Gasteiger partial charge in [0, 0.05) is 11.4 Å². The van der Waals surface area contributed by atoms with E-state index in [1.54, 1.807) is 24.3 Å². The van der Waals surface area contributed by atoms with E-state index in [4.69, 9.17) is 4.74 Å². The molecule has 8 nitrogen and oxygen atoms in total. The highest BCUT2D eigenvalue weighted by molar-refractivity contribution is 5.76. The maximum atomic E-state index is 12.8. The first-order chi connectivity index (χ1) is 16.3. The lowest BCUT2D eigenvalue weighted by Gasteiger charge is -2.12. The minimum Gasteiger partial charge on any atom is -0.457 e. The second kappa shape index (κ2) is 9.45. The molecule has 0 aliphatic rings. The molecule has 0 radical (unpaired) electrons. The summed E-state index contributed by atoms with van der Waals surface area (Å²) in [5.74, 6) is 0.963. The summed E-state index contributed by atoms with van der Waals surface area (Å²) in [6.45, 7) is 0. The molecule has 0 saturated heterocycles. The van der Waals surface area contributed by atoms with E-state index in [2.05, 4.69) is 20.6 Å². The monoisotopic (exact) mass is 467 g/mol. The van der Waals surface area contributed by atoms with E-state index in [9.17, 15) is 23.3 Å². The predicted molar refractivity (Wildman–Crippen MR) is 120 cm³/mol. The summed E-state index contributed by atoms with van der Waals surface area (Å²) in [5.41, 5.74) is -0.602. The third-order valence-electron chi connectivity index (χ3n) is 4.58. The van der Waals surface area contributed by atoms with Gasteiger partial charge in [-0.1, -0.05) is 18.2 Å². The summed E-state index contributed by atoms with van der Waals surface area (Å²) in [6, 6.07) is 19.9. The summed E-state index contributed by atoms with van der Waals surface area (Å²) < 4.78 is 44.0. The number of hydrogen-bond acceptors (Lipinski definition) is 7. The van der Waals surface area contributed by atoms with Crippen LogP contribution in [0.4, 0.5) is 41.9 Å². The first-order valence-corrected chi connectivity index (χ1v) is 9.83. The average molecular weight is 467 g/mol. The first-order valence-electron chi connectivity index (χ1n) is 9.83. The Bertz CT molecular complexity index is 1280. The summed E-state index contributed by atoms with van der Waals surface area (Å²) in [5, 5.41) is 17.3. The zero-order valence-electron chi connectivity index (χ0n) is 17.3. The Hall–Kier alpha value is -4.67. The minimum atomic E-state index is -4.49. The minimum absolute atomic E-state index is 0.0915. The van der Waals surface area contributed by atoms with Crippen LogP contribution in [0.15, 0.2) is 85.2 Å². The number of benzene rings is 3. The summed E-state index contributed by atoms with van der Waals surface area (Å²) in [4.78, 5) is 18.9. The quantitative estimate of drug-likeness (QED) is 0.231. The van der Waals surface area contributed by atoms with Gasteiger partial charge < -0.3 is 15.4 Å². The van der Waals surface area contributed by atoms with Crippen LogP contribution >= 0.6 is 0 Å². The molecule has 4 rings (SSSR count). The molecule has 0 aliphatic heterocycles. The van der Waals surface area contributed by atoms with Crippen LogP contribution in [0.1, 0.15) is 5.56 Å². The van der Waals surface area contributed by atoms with Gasteiger partial charge in [-0.25, -0.2) is 9.97 Å². The highest BCUT2D eigenvalue weighted by Gasteiger charge is 2.30. The van der Waals surface area contributed by atoms with Gasteiger partial charge in [-0.3, -0.25) is 10.1 Å². The molecular formula is C23H16F3N5O3. The van der Waals surface area contributed by atoms with Gasteiger partial charge in [-0.15, -0.1) is 0 Å². The second-order valence-electron chi connectivity index (χ2n) is 6.94. The topological polar surface area (TPSA) is 102 Å². The predicted octanol–water partition coefficient (Wildman–Crippen LogP) is 6.68. The molecule has 1 heterocycles. The van der Waals surface area contributed by atoms with Gasteiger partial charge in [0.15, 0.2) is 0 Å². The molecule has 11 heteroatoms. The third-order valence-corrected chi connectivity index (χ3v) is 4.58. The van der Waals surface area contributed by atoms with E-state index in [1.807, 2.05) is 30.3 Å². The molecule has 0 unspecified atom stereocenters. The number of hydrogen-bond donors (Lipinski definition) is 2. The Morgan fingerprint density at radius 2 is 1.26 bits per heavy atom. The van der Waals surface area contributed by atoms with Crippen molar-refractivity contribution in [1.29, 1.82) is 0 Å². The Morgan fingerprint density at radius 3 is 1.76 bits per heavy atom. The third kappa shape index (κ3) is 5.38. The van der Waals surface area contributed by atoms with Crippen molar-refractivity contribution in [2.24, 2.45) is 0 Å². The number of alkyl halides is 3. The van der Waals surface area contributed by atoms with E-state index in [0.717, 1.165) is 30.6 Å². The summed E-state index contributed by atoms with van der Waals surface area (Å²) in [6.07, 6.45) is -3.38. The molecule has 0 saturated carbocycles. The van der Waals surface area contributed by atoms with Crippen molar-refractivity contribution < 1.29 is 22.8 Å². The van der Waals surface area contributed by atoms with Crippen LogP contribution < -0.4 is 15.4 Å². The van der Waals surface area contributed by atoms with Crippen molar-refractivity contribution in [3.05, 3.63) is 101 Å². The molecule has 0 fully saturated rings. The molecule has 2 N–H and O–H groups in total. The Morgan fingerprint density at radius 1 is 0.765 bits per heavy atom. The van der Waals surface area contributed by atoms with Gasteiger partial charge >= 0.3 is 11.9 Å². The van der Waals surface area contributed by atoms with Crippen LogP contribution in [0.5, 0.6) is 11.5 Å². The fraction of sp³-hybridized carbons (Fsp3) is 0.0435. The van der Waals surface area contributed by atoms with Gasteiger partial charge in [0.05, 0.1) is 10.5 Å². The Labute approximate surface area is 191 Å². The average Bonchev–Trinajstić information content (AvgIpc) is 2.81. The van der Waals surface area contributed by atoms with E-state index in [1.165, 1.54) is 0 Å². The highest BCUT2D eigenvalue weighted by atomic mass is 19.4. The molecular weight excluding hydrogens is 451 g/mol. The lowest BCUT2D eigenvalue weighted by atomic mass is 10.2. The molecule has 0 aliphatic carbocycles. The van der Waals surface area contributed by atoms with Gasteiger partial charge in [0.2, 0.25) is 11.6 Å². The standard InChI is InChI=1S/C23H16F3N5O3/c24-23(25,26)15-6-8-16(9-7-15)29-21-20(31(32)33)22(28-14-27-21)30-17-10-12-19(13-11-17)34-18-4-2-1-3-5-18/h1-14H,(H2,27,28,29,30). The van der Waals surface area contributed by atoms with E-state index in [0.29, 0.717) is 17.2 Å². The van der Waals surface area contributed by atoms with Gasteiger partial charge in [-0.05, 0) is 60.7 Å². The van der Waals surface area contributed by atoms with Crippen LogP contribution in [-0.4, -0.2) is 14.9 Å². The fourth-order valence-electron chi connectivity index (χ4n) is 2.98.